The molecule has 0 heterocycles. The molecule has 72 valence electrons. The van der Waals surface area contributed by atoms with Crippen molar-refractivity contribution in [3.05, 3.63) is 28.8 Å². The van der Waals surface area contributed by atoms with Crippen molar-refractivity contribution < 1.29 is 4.74 Å². The average molecular weight is 200 g/mol. The van der Waals surface area contributed by atoms with E-state index in [0.717, 1.165) is 11.3 Å². The molecule has 1 aromatic carbocycles. The van der Waals surface area contributed by atoms with Crippen LogP contribution in [0.15, 0.2) is 18.2 Å². The fourth-order valence-corrected chi connectivity index (χ4v) is 1.54. The summed E-state index contributed by atoms with van der Waals surface area (Å²) in [5.41, 5.74) is 1.06. The van der Waals surface area contributed by atoms with E-state index in [2.05, 4.69) is 12.2 Å². The van der Waals surface area contributed by atoms with E-state index in [0.29, 0.717) is 5.02 Å². The molecule has 2 nitrogen and oxygen atoms in total. The van der Waals surface area contributed by atoms with Crippen LogP contribution in [0.1, 0.15) is 18.5 Å². The first-order valence-corrected chi connectivity index (χ1v) is 4.58. The Morgan fingerprint density at radius 2 is 2.15 bits per heavy atom. The van der Waals surface area contributed by atoms with Gasteiger partial charge in [0.15, 0.2) is 0 Å². The highest BCUT2D eigenvalue weighted by Crippen LogP contribution is 2.31. The molecule has 1 atom stereocenters. The Morgan fingerprint density at radius 1 is 1.46 bits per heavy atom. The van der Waals surface area contributed by atoms with Gasteiger partial charge in [-0.15, -0.1) is 0 Å². The minimum atomic E-state index is 0.239. The molecule has 0 fully saturated rings. The third-order valence-electron chi connectivity index (χ3n) is 2.11. The molecule has 13 heavy (non-hydrogen) atoms. The van der Waals surface area contributed by atoms with E-state index < -0.39 is 0 Å². The number of rotatable bonds is 3. The summed E-state index contributed by atoms with van der Waals surface area (Å²) in [6.07, 6.45) is 0. The van der Waals surface area contributed by atoms with Gasteiger partial charge in [-0.3, -0.25) is 0 Å². The molecule has 0 spiro atoms. The van der Waals surface area contributed by atoms with E-state index in [1.54, 1.807) is 7.11 Å². The Hall–Kier alpha value is -0.730. The first kappa shape index (κ1) is 10.4. The number of hydrogen-bond acceptors (Lipinski definition) is 2. The minimum absolute atomic E-state index is 0.239. The van der Waals surface area contributed by atoms with Crippen molar-refractivity contribution >= 4 is 11.6 Å². The van der Waals surface area contributed by atoms with Crippen LogP contribution in [-0.4, -0.2) is 14.2 Å². The Morgan fingerprint density at radius 3 is 2.69 bits per heavy atom. The van der Waals surface area contributed by atoms with Gasteiger partial charge in [0.2, 0.25) is 0 Å². The van der Waals surface area contributed by atoms with Crippen LogP contribution in [0.2, 0.25) is 5.02 Å². The van der Waals surface area contributed by atoms with Crippen molar-refractivity contribution in [1.29, 1.82) is 0 Å². The first-order chi connectivity index (χ1) is 6.20. The zero-order chi connectivity index (χ0) is 9.84. The third kappa shape index (κ3) is 2.14. The van der Waals surface area contributed by atoms with Gasteiger partial charge in [0.1, 0.15) is 5.75 Å². The van der Waals surface area contributed by atoms with Gasteiger partial charge in [0.25, 0.3) is 0 Å². The quantitative estimate of drug-likeness (QED) is 0.808. The van der Waals surface area contributed by atoms with Crippen molar-refractivity contribution in [1.82, 2.24) is 5.32 Å². The van der Waals surface area contributed by atoms with Crippen LogP contribution >= 0.6 is 11.6 Å². The summed E-state index contributed by atoms with van der Waals surface area (Å²) < 4.78 is 5.12. The molecule has 1 rings (SSSR count). The smallest absolute Gasteiger partial charge is 0.137 e. The first-order valence-electron chi connectivity index (χ1n) is 4.20. The zero-order valence-corrected chi connectivity index (χ0v) is 8.85. The standard InChI is InChI=1S/C10H14ClNO/c1-7(12-2)8-5-4-6-9(13-3)10(8)11/h4-7,12H,1-3H3. The molecule has 0 saturated heterocycles. The summed E-state index contributed by atoms with van der Waals surface area (Å²) >= 11 is 6.12. The lowest BCUT2D eigenvalue weighted by atomic mass is 10.1. The van der Waals surface area contributed by atoms with Gasteiger partial charge in [0.05, 0.1) is 12.1 Å². The Balaban J connectivity index is 3.08. The molecule has 1 N–H and O–H groups in total. The second kappa shape index (κ2) is 4.49. The second-order valence-corrected chi connectivity index (χ2v) is 3.25. The Bertz CT molecular complexity index is 288. The fraction of sp³-hybridized carbons (Fsp3) is 0.400. The van der Waals surface area contributed by atoms with Crippen molar-refractivity contribution in [2.24, 2.45) is 0 Å². The van der Waals surface area contributed by atoms with E-state index >= 15 is 0 Å². The van der Waals surface area contributed by atoms with Gasteiger partial charge in [-0.25, -0.2) is 0 Å². The summed E-state index contributed by atoms with van der Waals surface area (Å²) in [4.78, 5) is 0. The van der Waals surface area contributed by atoms with E-state index in [4.69, 9.17) is 16.3 Å². The van der Waals surface area contributed by atoms with Crippen LogP contribution in [0.25, 0.3) is 0 Å². The van der Waals surface area contributed by atoms with Gasteiger partial charge in [-0.05, 0) is 25.6 Å². The predicted molar refractivity (Wildman–Crippen MR) is 55.5 cm³/mol. The van der Waals surface area contributed by atoms with Gasteiger partial charge in [-0.2, -0.15) is 0 Å². The van der Waals surface area contributed by atoms with Crippen LogP contribution in [0, 0.1) is 0 Å². The normalized spacial score (nSPS) is 12.6. The molecule has 0 amide bonds. The number of hydrogen-bond donors (Lipinski definition) is 1. The summed E-state index contributed by atoms with van der Waals surface area (Å²) in [7, 11) is 3.52. The lowest BCUT2D eigenvalue weighted by Gasteiger charge is -2.14. The van der Waals surface area contributed by atoms with E-state index in [1.165, 1.54) is 0 Å². The van der Waals surface area contributed by atoms with Crippen LogP contribution in [0.4, 0.5) is 0 Å². The molecule has 0 aliphatic rings. The lowest BCUT2D eigenvalue weighted by Crippen LogP contribution is -2.12. The largest absolute Gasteiger partial charge is 0.495 e. The molecule has 3 heteroatoms. The molecule has 0 aromatic heterocycles. The van der Waals surface area contributed by atoms with Crippen LogP contribution in [-0.2, 0) is 0 Å². The van der Waals surface area contributed by atoms with Gasteiger partial charge in [-0.1, -0.05) is 23.7 Å². The summed E-state index contributed by atoms with van der Waals surface area (Å²) in [5, 5.41) is 3.82. The lowest BCUT2D eigenvalue weighted by molar-refractivity contribution is 0.414. The van der Waals surface area contributed by atoms with Crippen LogP contribution in [0.5, 0.6) is 5.75 Å². The average Bonchev–Trinajstić information content (AvgIpc) is 2.17. The van der Waals surface area contributed by atoms with Crippen LogP contribution in [0.3, 0.4) is 0 Å². The van der Waals surface area contributed by atoms with E-state index in [1.807, 2.05) is 25.2 Å². The molecule has 0 aliphatic carbocycles. The number of ether oxygens (including phenoxy) is 1. The highest BCUT2D eigenvalue weighted by Gasteiger charge is 2.10. The molecule has 1 aromatic rings. The van der Waals surface area contributed by atoms with Gasteiger partial charge < -0.3 is 10.1 Å². The Labute approximate surface area is 83.9 Å². The third-order valence-corrected chi connectivity index (χ3v) is 2.52. The fourth-order valence-electron chi connectivity index (χ4n) is 1.18. The molecule has 0 aliphatic heterocycles. The summed E-state index contributed by atoms with van der Waals surface area (Å²) in [6.45, 7) is 2.06. The highest BCUT2D eigenvalue weighted by molar-refractivity contribution is 6.32. The number of nitrogens with one attached hydrogen (secondary N) is 1. The maximum Gasteiger partial charge on any atom is 0.137 e. The molecule has 0 bridgehead atoms. The molecular formula is C10H14ClNO. The SMILES string of the molecule is CNC(C)c1cccc(OC)c1Cl. The maximum absolute atomic E-state index is 6.12. The summed E-state index contributed by atoms with van der Waals surface area (Å²) in [6, 6.07) is 6.02. The van der Waals surface area contributed by atoms with Crippen molar-refractivity contribution in [2.45, 2.75) is 13.0 Å². The van der Waals surface area contributed by atoms with Gasteiger partial charge in [0, 0.05) is 6.04 Å². The molecule has 0 saturated carbocycles. The Kier molecular flexibility index (Phi) is 3.58. The molecule has 1 unspecified atom stereocenters. The topological polar surface area (TPSA) is 21.3 Å². The number of methoxy groups -OCH3 is 1. The van der Waals surface area contributed by atoms with Crippen molar-refractivity contribution in [3.8, 4) is 5.75 Å². The summed E-state index contributed by atoms with van der Waals surface area (Å²) in [5.74, 6) is 0.723. The number of benzene rings is 1. The predicted octanol–water partition coefficient (Wildman–Crippen LogP) is 2.63. The second-order valence-electron chi connectivity index (χ2n) is 2.87. The van der Waals surface area contributed by atoms with Crippen LogP contribution < -0.4 is 10.1 Å². The zero-order valence-electron chi connectivity index (χ0n) is 8.10. The van der Waals surface area contributed by atoms with Crippen molar-refractivity contribution in [2.75, 3.05) is 14.2 Å². The maximum atomic E-state index is 6.12. The minimum Gasteiger partial charge on any atom is -0.495 e. The highest BCUT2D eigenvalue weighted by atomic mass is 35.5. The molecule has 0 radical (unpaired) electrons. The number of halogens is 1. The monoisotopic (exact) mass is 199 g/mol. The molecular weight excluding hydrogens is 186 g/mol. The van der Waals surface area contributed by atoms with E-state index in [-0.39, 0.29) is 6.04 Å². The van der Waals surface area contributed by atoms with E-state index in [9.17, 15) is 0 Å². The van der Waals surface area contributed by atoms with Gasteiger partial charge >= 0.3 is 0 Å². The van der Waals surface area contributed by atoms with Crippen molar-refractivity contribution in [3.63, 3.8) is 0 Å².